The molecule has 18 heavy (non-hydrogen) atoms. The molecule has 0 atom stereocenters. The standard InChI is InChI=1S/C13H14Cl3NO/c14-8-1-4-10(5-2-8)17-13(18)11-6-3-9(15)7-12(11)16/h3,6-8,10H,1-2,4-5H2,(H,17,18). The van der Waals surface area contributed by atoms with Crippen LogP contribution in [0.3, 0.4) is 0 Å². The van der Waals surface area contributed by atoms with Crippen LogP contribution in [0.15, 0.2) is 18.2 Å². The number of hydrogen-bond acceptors (Lipinski definition) is 1. The van der Waals surface area contributed by atoms with E-state index in [4.69, 9.17) is 34.8 Å². The van der Waals surface area contributed by atoms with Crippen LogP contribution in [0.2, 0.25) is 10.0 Å². The van der Waals surface area contributed by atoms with Crippen molar-refractivity contribution in [2.24, 2.45) is 0 Å². The first kappa shape index (κ1) is 14.0. The Balaban J connectivity index is 1.99. The van der Waals surface area contributed by atoms with Gasteiger partial charge in [0.2, 0.25) is 0 Å². The summed E-state index contributed by atoms with van der Waals surface area (Å²) in [6, 6.07) is 5.08. The first-order chi connectivity index (χ1) is 8.56. The van der Waals surface area contributed by atoms with Crippen molar-refractivity contribution in [1.29, 1.82) is 0 Å². The lowest BCUT2D eigenvalue weighted by Crippen LogP contribution is -2.37. The molecule has 5 heteroatoms. The van der Waals surface area contributed by atoms with Crippen LogP contribution in [0.25, 0.3) is 0 Å². The maximum Gasteiger partial charge on any atom is 0.253 e. The third-order valence-corrected chi connectivity index (χ3v) is 4.15. The summed E-state index contributed by atoms with van der Waals surface area (Å²) in [7, 11) is 0. The van der Waals surface area contributed by atoms with Gasteiger partial charge in [-0.1, -0.05) is 23.2 Å². The van der Waals surface area contributed by atoms with E-state index in [0.717, 1.165) is 25.7 Å². The maximum atomic E-state index is 12.1. The fraction of sp³-hybridized carbons (Fsp3) is 0.462. The van der Waals surface area contributed by atoms with E-state index in [1.165, 1.54) is 0 Å². The molecule has 0 heterocycles. The zero-order valence-corrected chi connectivity index (χ0v) is 12.0. The van der Waals surface area contributed by atoms with Crippen LogP contribution in [0.4, 0.5) is 0 Å². The largest absolute Gasteiger partial charge is 0.349 e. The number of hydrogen-bond donors (Lipinski definition) is 1. The Labute approximate surface area is 122 Å². The van der Waals surface area contributed by atoms with Crippen molar-refractivity contribution in [2.75, 3.05) is 0 Å². The van der Waals surface area contributed by atoms with Gasteiger partial charge in [-0.15, -0.1) is 11.6 Å². The molecule has 2 nitrogen and oxygen atoms in total. The highest BCUT2D eigenvalue weighted by molar-refractivity contribution is 6.36. The number of benzene rings is 1. The zero-order valence-electron chi connectivity index (χ0n) is 9.76. The second-order valence-corrected chi connectivity index (χ2v) is 6.01. The molecule has 1 N–H and O–H groups in total. The average molecular weight is 307 g/mol. The Kier molecular flexibility index (Phi) is 4.77. The molecule has 1 aliphatic rings. The first-order valence-corrected chi connectivity index (χ1v) is 7.15. The van der Waals surface area contributed by atoms with Crippen molar-refractivity contribution in [3.05, 3.63) is 33.8 Å². The van der Waals surface area contributed by atoms with E-state index < -0.39 is 0 Å². The molecule has 1 aromatic rings. The van der Waals surface area contributed by atoms with E-state index >= 15 is 0 Å². The fourth-order valence-electron chi connectivity index (χ4n) is 2.13. The molecule has 0 aliphatic heterocycles. The van der Waals surface area contributed by atoms with Crippen LogP contribution < -0.4 is 5.32 Å². The summed E-state index contributed by atoms with van der Waals surface area (Å²) in [6.07, 6.45) is 3.73. The molecule has 98 valence electrons. The quantitative estimate of drug-likeness (QED) is 0.812. The smallest absolute Gasteiger partial charge is 0.253 e. The number of rotatable bonds is 2. The molecule has 2 rings (SSSR count). The summed E-state index contributed by atoms with van der Waals surface area (Å²) in [6.45, 7) is 0. The van der Waals surface area contributed by atoms with Crippen molar-refractivity contribution >= 4 is 40.7 Å². The second kappa shape index (κ2) is 6.14. The van der Waals surface area contributed by atoms with Crippen LogP contribution in [-0.4, -0.2) is 17.3 Å². The number of carbonyl (C=O) groups is 1. The van der Waals surface area contributed by atoms with Crippen molar-refractivity contribution < 1.29 is 4.79 Å². The van der Waals surface area contributed by atoms with Gasteiger partial charge in [-0.05, 0) is 43.9 Å². The van der Waals surface area contributed by atoms with Gasteiger partial charge in [-0.3, -0.25) is 4.79 Å². The van der Waals surface area contributed by atoms with Crippen molar-refractivity contribution in [3.8, 4) is 0 Å². The normalized spacial score (nSPS) is 23.7. The number of nitrogens with one attached hydrogen (secondary N) is 1. The number of carbonyl (C=O) groups excluding carboxylic acids is 1. The average Bonchev–Trinajstić information content (AvgIpc) is 2.32. The lowest BCUT2D eigenvalue weighted by atomic mass is 9.95. The summed E-state index contributed by atoms with van der Waals surface area (Å²) >= 11 is 17.8. The summed E-state index contributed by atoms with van der Waals surface area (Å²) in [5, 5.41) is 4.15. The SMILES string of the molecule is O=C(NC1CCC(Cl)CC1)c1ccc(Cl)cc1Cl. The van der Waals surface area contributed by atoms with Crippen molar-refractivity contribution in [2.45, 2.75) is 37.1 Å². The molecule has 1 saturated carbocycles. The Morgan fingerprint density at radius 2 is 1.83 bits per heavy atom. The van der Waals surface area contributed by atoms with Gasteiger partial charge in [0.15, 0.2) is 0 Å². The monoisotopic (exact) mass is 305 g/mol. The van der Waals surface area contributed by atoms with Gasteiger partial charge in [-0.2, -0.15) is 0 Å². The second-order valence-electron chi connectivity index (χ2n) is 4.55. The maximum absolute atomic E-state index is 12.1. The minimum atomic E-state index is -0.144. The minimum Gasteiger partial charge on any atom is -0.349 e. The number of amides is 1. The summed E-state index contributed by atoms with van der Waals surface area (Å²) in [4.78, 5) is 12.1. The van der Waals surface area contributed by atoms with Crippen LogP contribution in [0.1, 0.15) is 36.0 Å². The van der Waals surface area contributed by atoms with Crippen molar-refractivity contribution in [3.63, 3.8) is 0 Å². The van der Waals surface area contributed by atoms with Gasteiger partial charge in [0.1, 0.15) is 0 Å². The van der Waals surface area contributed by atoms with E-state index in [9.17, 15) is 4.79 Å². The van der Waals surface area contributed by atoms with E-state index in [0.29, 0.717) is 15.6 Å². The highest BCUT2D eigenvalue weighted by atomic mass is 35.5. The van der Waals surface area contributed by atoms with Crippen LogP contribution in [0.5, 0.6) is 0 Å². The molecule has 0 radical (unpaired) electrons. The fourth-order valence-corrected chi connectivity index (χ4v) is 2.88. The van der Waals surface area contributed by atoms with Gasteiger partial charge in [0, 0.05) is 16.4 Å². The third kappa shape index (κ3) is 3.53. The Morgan fingerprint density at radius 3 is 2.44 bits per heavy atom. The molecule has 1 aromatic carbocycles. The predicted octanol–water partition coefficient (Wildman–Crippen LogP) is 4.27. The van der Waals surface area contributed by atoms with Crippen LogP contribution in [0, 0.1) is 0 Å². The van der Waals surface area contributed by atoms with Gasteiger partial charge >= 0.3 is 0 Å². The lowest BCUT2D eigenvalue weighted by Gasteiger charge is -2.25. The van der Waals surface area contributed by atoms with Gasteiger partial charge in [0.05, 0.1) is 10.6 Å². The highest BCUT2D eigenvalue weighted by Crippen LogP contribution is 2.24. The summed E-state index contributed by atoms with van der Waals surface area (Å²) in [5.74, 6) is -0.144. The Bertz CT molecular complexity index is 442. The highest BCUT2D eigenvalue weighted by Gasteiger charge is 2.22. The van der Waals surface area contributed by atoms with E-state index in [-0.39, 0.29) is 17.3 Å². The van der Waals surface area contributed by atoms with Crippen LogP contribution in [-0.2, 0) is 0 Å². The minimum absolute atomic E-state index is 0.144. The molecule has 1 amide bonds. The summed E-state index contributed by atoms with van der Waals surface area (Å²) in [5.41, 5.74) is 0.467. The van der Waals surface area contributed by atoms with Gasteiger partial charge in [-0.25, -0.2) is 0 Å². The molecule has 0 saturated heterocycles. The van der Waals surface area contributed by atoms with Crippen LogP contribution >= 0.6 is 34.8 Å². The summed E-state index contributed by atoms with van der Waals surface area (Å²) < 4.78 is 0. The van der Waals surface area contributed by atoms with E-state index in [1.807, 2.05) is 0 Å². The van der Waals surface area contributed by atoms with E-state index in [2.05, 4.69) is 5.32 Å². The topological polar surface area (TPSA) is 29.1 Å². The number of halogens is 3. The predicted molar refractivity (Wildman–Crippen MR) is 75.8 cm³/mol. The lowest BCUT2D eigenvalue weighted by molar-refractivity contribution is 0.0928. The molecule has 0 bridgehead atoms. The molecule has 0 aromatic heterocycles. The molecule has 1 aliphatic carbocycles. The van der Waals surface area contributed by atoms with Gasteiger partial charge in [0.25, 0.3) is 5.91 Å². The molecule has 0 spiro atoms. The molecule has 1 fully saturated rings. The zero-order chi connectivity index (χ0) is 13.1. The first-order valence-electron chi connectivity index (χ1n) is 5.96. The molecule has 0 unspecified atom stereocenters. The van der Waals surface area contributed by atoms with Gasteiger partial charge < -0.3 is 5.32 Å². The van der Waals surface area contributed by atoms with Crippen molar-refractivity contribution in [1.82, 2.24) is 5.32 Å². The Hall–Kier alpha value is -0.440. The Morgan fingerprint density at radius 1 is 1.17 bits per heavy atom. The molecular formula is C13H14Cl3NO. The molecular weight excluding hydrogens is 293 g/mol. The number of alkyl halides is 1. The third-order valence-electron chi connectivity index (χ3n) is 3.17. The van der Waals surface area contributed by atoms with E-state index in [1.54, 1.807) is 18.2 Å².